The predicted octanol–water partition coefficient (Wildman–Crippen LogP) is 4.29. The Balaban J connectivity index is 2.17. The highest BCUT2D eigenvalue weighted by molar-refractivity contribution is 6.36. The maximum Gasteiger partial charge on any atom is 0.196 e. The highest BCUT2D eigenvalue weighted by Gasteiger charge is 2.17. The molecule has 0 bridgehead atoms. The van der Waals surface area contributed by atoms with Gasteiger partial charge in [0.1, 0.15) is 0 Å². The van der Waals surface area contributed by atoms with Crippen LogP contribution in [-0.4, -0.2) is 10.8 Å². The largest absolute Gasteiger partial charge is 0.399 e. The van der Waals surface area contributed by atoms with Gasteiger partial charge in [-0.05, 0) is 36.4 Å². The van der Waals surface area contributed by atoms with Crippen LogP contribution in [-0.2, 0) is 0 Å². The number of hydrogen-bond donors (Lipinski definition) is 2. The molecular weight excluding hydrogens is 295 g/mol. The van der Waals surface area contributed by atoms with Gasteiger partial charge >= 0.3 is 0 Å². The van der Waals surface area contributed by atoms with Crippen LogP contribution in [0.4, 0.5) is 5.69 Å². The van der Waals surface area contributed by atoms with Crippen LogP contribution in [0.2, 0.25) is 10.0 Å². The molecule has 5 heteroatoms. The van der Waals surface area contributed by atoms with Crippen molar-refractivity contribution >= 4 is 45.6 Å². The zero-order chi connectivity index (χ0) is 14.3. The quantitative estimate of drug-likeness (QED) is 0.548. The van der Waals surface area contributed by atoms with Crippen molar-refractivity contribution in [2.75, 3.05) is 5.73 Å². The van der Waals surface area contributed by atoms with E-state index in [9.17, 15) is 4.79 Å². The van der Waals surface area contributed by atoms with Gasteiger partial charge in [0.05, 0.1) is 5.02 Å². The molecule has 100 valence electrons. The molecule has 0 aliphatic carbocycles. The summed E-state index contributed by atoms with van der Waals surface area (Å²) in [6.45, 7) is 0. The molecule has 3 rings (SSSR count). The normalized spacial score (nSPS) is 10.9. The summed E-state index contributed by atoms with van der Waals surface area (Å²) >= 11 is 12.1. The number of benzene rings is 2. The minimum Gasteiger partial charge on any atom is -0.399 e. The van der Waals surface area contributed by atoms with E-state index in [0.717, 1.165) is 10.9 Å². The van der Waals surface area contributed by atoms with Gasteiger partial charge in [0, 0.05) is 38.9 Å². The minimum absolute atomic E-state index is 0.184. The summed E-state index contributed by atoms with van der Waals surface area (Å²) in [5, 5.41) is 1.71. The van der Waals surface area contributed by atoms with Crippen molar-refractivity contribution in [2.45, 2.75) is 0 Å². The zero-order valence-electron chi connectivity index (χ0n) is 10.3. The van der Waals surface area contributed by atoms with Crippen LogP contribution < -0.4 is 5.73 Å². The number of rotatable bonds is 2. The highest BCUT2D eigenvalue weighted by atomic mass is 35.5. The molecule has 0 aliphatic heterocycles. The fourth-order valence-corrected chi connectivity index (χ4v) is 2.52. The first kappa shape index (κ1) is 13.0. The Labute approximate surface area is 125 Å². The van der Waals surface area contributed by atoms with Gasteiger partial charge in [-0.1, -0.05) is 23.2 Å². The number of nitrogens with two attached hydrogens (primary N) is 1. The Kier molecular flexibility index (Phi) is 3.16. The molecule has 0 aliphatic rings. The van der Waals surface area contributed by atoms with Gasteiger partial charge in [0.25, 0.3) is 0 Å². The molecule has 0 saturated heterocycles. The molecule has 20 heavy (non-hydrogen) atoms. The van der Waals surface area contributed by atoms with Crippen LogP contribution in [0.25, 0.3) is 10.9 Å². The fourth-order valence-electron chi connectivity index (χ4n) is 2.14. The van der Waals surface area contributed by atoms with Crippen molar-refractivity contribution in [3.63, 3.8) is 0 Å². The summed E-state index contributed by atoms with van der Waals surface area (Å²) in [6.07, 6.45) is 1.66. The molecule has 1 heterocycles. The van der Waals surface area contributed by atoms with E-state index in [1.54, 1.807) is 36.5 Å². The maximum absolute atomic E-state index is 12.6. The first-order valence-electron chi connectivity index (χ1n) is 5.92. The summed E-state index contributed by atoms with van der Waals surface area (Å²) in [7, 11) is 0. The first-order chi connectivity index (χ1) is 9.56. The summed E-state index contributed by atoms with van der Waals surface area (Å²) < 4.78 is 0. The van der Waals surface area contributed by atoms with Gasteiger partial charge in [0.15, 0.2) is 5.78 Å². The Morgan fingerprint density at radius 2 is 1.85 bits per heavy atom. The van der Waals surface area contributed by atoms with E-state index in [1.165, 1.54) is 0 Å². The zero-order valence-corrected chi connectivity index (χ0v) is 11.8. The molecule has 3 N–H and O–H groups in total. The molecule has 0 atom stereocenters. The van der Waals surface area contributed by atoms with Gasteiger partial charge in [-0.3, -0.25) is 4.79 Å². The van der Waals surface area contributed by atoms with E-state index in [-0.39, 0.29) is 5.78 Å². The number of nitrogens with one attached hydrogen (secondary N) is 1. The van der Waals surface area contributed by atoms with Crippen molar-refractivity contribution in [3.05, 3.63) is 63.8 Å². The smallest absolute Gasteiger partial charge is 0.196 e. The average Bonchev–Trinajstić information content (AvgIpc) is 2.83. The van der Waals surface area contributed by atoms with Crippen LogP contribution in [0, 0.1) is 0 Å². The van der Waals surface area contributed by atoms with Crippen molar-refractivity contribution in [1.82, 2.24) is 4.98 Å². The van der Waals surface area contributed by atoms with Crippen LogP contribution in [0.5, 0.6) is 0 Å². The number of carbonyl (C=O) groups excluding carboxylic acids is 1. The second-order valence-corrected chi connectivity index (χ2v) is 5.30. The van der Waals surface area contributed by atoms with Crippen molar-refractivity contribution in [1.29, 1.82) is 0 Å². The molecule has 0 unspecified atom stereocenters. The SMILES string of the molecule is Nc1ccc(Cl)c(C(=O)c2c[nH]c3ccc(Cl)cc23)c1. The predicted molar refractivity (Wildman–Crippen MR) is 82.6 cm³/mol. The van der Waals surface area contributed by atoms with E-state index in [0.29, 0.717) is 26.9 Å². The lowest BCUT2D eigenvalue weighted by Gasteiger charge is -2.04. The number of aromatic nitrogens is 1. The molecule has 3 nitrogen and oxygen atoms in total. The molecule has 0 spiro atoms. The van der Waals surface area contributed by atoms with E-state index in [2.05, 4.69) is 4.98 Å². The van der Waals surface area contributed by atoms with Crippen molar-refractivity contribution < 1.29 is 4.79 Å². The standard InChI is InChI=1S/C15H10Cl2N2O/c16-8-1-4-14-10(5-8)12(7-19-14)15(20)11-6-9(18)2-3-13(11)17/h1-7,19H,18H2. The molecule has 1 aromatic heterocycles. The number of nitrogen functional groups attached to an aromatic ring is 1. The molecule has 0 saturated carbocycles. The first-order valence-corrected chi connectivity index (χ1v) is 6.68. The van der Waals surface area contributed by atoms with E-state index >= 15 is 0 Å². The highest BCUT2D eigenvalue weighted by Crippen LogP contribution is 2.27. The monoisotopic (exact) mass is 304 g/mol. The third-order valence-electron chi connectivity index (χ3n) is 3.12. The summed E-state index contributed by atoms with van der Waals surface area (Å²) in [6, 6.07) is 10.2. The third-order valence-corrected chi connectivity index (χ3v) is 3.69. The minimum atomic E-state index is -0.184. The number of carbonyl (C=O) groups is 1. The molecule has 3 aromatic rings. The van der Waals surface area contributed by atoms with Gasteiger partial charge in [-0.2, -0.15) is 0 Å². The van der Waals surface area contributed by atoms with Crippen molar-refractivity contribution in [3.8, 4) is 0 Å². The number of ketones is 1. The lowest BCUT2D eigenvalue weighted by atomic mass is 10.0. The van der Waals surface area contributed by atoms with E-state index in [1.807, 2.05) is 6.07 Å². The number of hydrogen-bond acceptors (Lipinski definition) is 2. The Morgan fingerprint density at radius 1 is 1.05 bits per heavy atom. The van der Waals surface area contributed by atoms with E-state index < -0.39 is 0 Å². The number of aromatic amines is 1. The van der Waals surface area contributed by atoms with Crippen molar-refractivity contribution in [2.24, 2.45) is 0 Å². The lowest BCUT2D eigenvalue weighted by Crippen LogP contribution is -2.02. The molecule has 0 fully saturated rings. The maximum atomic E-state index is 12.6. The molecule has 0 amide bonds. The second-order valence-electron chi connectivity index (χ2n) is 4.46. The van der Waals surface area contributed by atoms with Crippen LogP contribution in [0.1, 0.15) is 15.9 Å². The number of halogens is 2. The Bertz CT molecular complexity index is 824. The Morgan fingerprint density at radius 3 is 2.65 bits per heavy atom. The van der Waals surface area contributed by atoms with Gasteiger partial charge in [0.2, 0.25) is 0 Å². The molecular formula is C15H10Cl2N2O. The van der Waals surface area contributed by atoms with Crippen LogP contribution >= 0.6 is 23.2 Å². The van der Waals surface area contributed by atoms with Crippen LogP contribution in [0.3, 0.4) is 0 Å². The third kappa shape index (κ3) is 2.15. The van der Waals surface area contributed by atoms with Gasteiger partial charge in [-0.25, -0.2) is 0 Å². The summed E-state index contributed by atoms with van der Waals surface area (Å²) in [4.78, 5) is 15.6. The second kappa shape index (κ2) is 4.85. The number of H-pyrrole nitrogens is 1. The fraction of sp³-hybridized carbons (Fsp3) is 0. The summed E-state index contributed by atoms with van der Waals surface area (Å²) in [5.74, 6) is -0.184. The Hall–Kier alpha value is -1.97. The van der Waals surface area contributed by atoms with Crippen LogP contribution in [0.15, 0.2) is 42.6 Å². The van der Waals surface area contributed by atoms with Gasteiger partial charge < -0.3 is 10.7 Å². The number of anilines is 1. The lowest BCUT2D eigenvalue weighted by molar-refractivity contribution is 0.104. The summed E-state index contributed by atoms with van der Waals surface area (Å²) in [5.41, 5.74) is 7.96. The number of fused-ring (bicyclic) bond motifs is 1. The average molecular weight is 305 g/mol. The topological polar surface area (TPSA) is 58.9 Å². The molecule has 0 radical (unpaired) electrons. The van der Waals surface area contributed by atoms with Gasteiger partial charge in [-0.15, -0.1) is 0 Å². The molecule has 2 aromatic carbocycles. The van der Waals surface area contributed by atoms with E-state index in [4.69, 9.17) is 28.9 Å².